The van der Waals surface area contributed by atoms with Gasteiger partial charge in [-0.05, 0) is 11.1 Å². The first-order valence-electron chi connectivity index (χ1n) is 9.73. The van der Waals surface area contributed by atoms with Crippen LogP contribution in [0.25, 0.3) is 0 Å². The van der Waals surface area contributed by atoms with E-state index in [4.69, 9.17) is 0 Å². The SMILES string of the molecule is O=C(CO)N1CCN2[C@H](CNC[C@H]2C(c2ccccc2)c2ccccc2)C1. The first-order valence-corrected chi connectivity index (χ1v) is 9.73. The summed E-state index contributed by atoms with van der Waals surface area (Å²) in [5, 5.41) is 12.8. The Labute approximate surface area is 160 Å². The molecule has 0 saturated carbocycles. The summed E-state index contributed by atoms with van der Waals surface area (Å²) in [6.07, 6.45) is 0. The number of piperazine rings is 2. The van der Waals surface area contributed by atoms with Gasteiger partial charge in [0.1, 0.15) is 6.61 Å². The van der Waals surface area contributed by atoms with E-state index >= 15 is 0 Å². The number of fused-ring (bicyclic) bond motifs is 1. The number of rotatable bonds is 4. The first-order chi connectivity index (χ1) is 13.3. The van der Waals surface area contributed by atoms with Gasteiger partial charge in [-0.2, -0.15) is 0 Å². The lowest BCUT2D eigenvalue weighted by molar-refractivity contribution is -0.138. The number of nitrogens with zero attached hydrogens (tertiary/aromatic N) is 2. The second kappa shape index (κ2) is 8.21. The van der Waals surface area contributed by atoms with Crippen molar-refractivity contribution in [3.05, 3.63) is 71.8 Å². The van der Waals surface area contributed by atoms with E-state index in [1.165, 1.54) is 11.1 Å². The van der Waals surface area contributed by atoms with Crippen molar-refractivity contribution in [3.63, 3.8) is 0 Å². The summed E-state index contributed by atoms with van der Waals surface area (Å²) < 4.78 is 0. The average molecular weight is 365 g/mol. The summed E-state index contributed by atoms with van der Waals surface area (Å²) in [7, 11) is 0. The number of hydrogen-bond donors (Lipinski definition) is 2. The summed E-state index contributed by atoms with van der Waals surface area (Å²) in [5.41, 5.74) is 2.65. The quantitative estimate of drug-likeness (QED) is 0.858. The van der Waals surface area contributed by atoms with E-state index in [9.17, 15) is 9.90 Å². The number of amides is 1. The molecular weight excluding hydrogens is 338 g/mol. The zero-order valence-corrected chi connectivity index (χ0v) is 15.5. The van der Waals surface area contributed by atoms with Crippen molar-refractivity contribution in [2.45, 2.75) is 18.0 Å². The van der Waals surface area contributed by atoms with E-state index < -0.39 is 6.61 Å². The topological polar surface area (TPSA) is 55.8 Å². The summed E-state index contributed by atoms with van der Waals surface area (Å²) in [5.74, 6) is 0.113. The number of nitrogens with one attached hydrogen (secondary N) is 1. The number of hydrogen-bond acceptors (Lipinski definition) is 4. The molecule has 5 nitrogen and oxygen atoms in total. The molecule has 2 aliphatic rings. The van der Waals surface area contributed by atoms with Crippen molar-refractivity contribution in [1.29, 1.82) is 0 Å². The van der Waals surface area contributed by atoms with E-state index in [1.807, 2.05) is 0 Å². The predicted molar refractivity (Wildman–Crippen MR) is 106 cm³/mol. The molecule has 27 heavy (non-hydrogen) atoms. The molecule has 2 aliphatic heterocycles. The molecule has 2 aromatic rings. The van der Waals surface area contributed by atoms with Crippen LogP contribution in [0, 0.1) is 0 Å². The van der Waals surface area contributed by atoms with Crippen LogP contribution in [-0.4, -0.2) is 72.2 Å². The van der Waals surface area contributed by atoms with Crippen LogP contribution in [0.2, 0.25) is 0 Å². The van der Waals surface area contributed by atoms with Crippen LogP contribution in [-0.2, 0) is 4.79 Å². The van der Waals surface area contributed by atoms with E-state index in [1.54, 1.807) is 4.90 Å². The molecule has 2 aromatic carbocycles. The minimum absolute atomic E-state index is 0.167. The highest BCUT2D eigenvalue weighted by Gasteiger charge is 2.40. The van der Waals surface area contributed by atoms with Crippen molar-refractivity contribution in [3.8, 4) is 0 Å². The normalized spacial score (nSPS) is 23.3. The van der Waals surface area contributed by atoms with Crippen LogP contribution < -0.4 is 5.32 Å². The van der Waals surface area contributed by atoms with Crippen molar-refractivity contribution < 1.29 is 9.90 Å². The molecule has 0 aliphatic carbocycles. The smallest absolute Gasteiger partial charge is 0.248 e. The van der Waals surface area contributed by atoms with Gasteiger partial charge in [-0.25, -0.2) is 0 Å². The molecule has 0 bridgehead atoms. The lowest BCUT2D eigenvalue weighted by atomic mass is 9.82. The van der Waals surface area contributed by atoms with Crippen molar-refractivity contribution >= 4 is 5.91 Å². The van der Waals surface area contributed by atoms with Crippen LogP contribution in [0.15, 0.2) is 60.7 Å². The molecule has 0 unspecified atom stereocenters. The highest BCUT2D eigenvalue weighted by Crippen LogP contribution is 2.33. The number of benzene rings is 2. The van der Waals surface area contributed by atoms with Gasteiger partial charge < -0.3 is 15.3 Å². The Balaban J connectivity index is 1.63. The monoisotopic (exact) mass is 365 g/mol. The fourth-order valence-corrected chi connectivity index (χ4v) is 4.60. The minimum Gasteiger partial charge on any atom is -0.387 e. The molecule has 2 saturated heterocycles. The molecule has 4 rings (SSSR count). The summed E-state index contributed by atoms with van der Waals surface area (Å²) in [6, 6.07) is 22.0. The Kier molecular flexibility index (Phi) is 5.53. The van der Waals surface area contributed by atoms with Crippen LogP contribution in [0.4, 0.5) is 0 Å². The largest absolute Gasteiger partial charge is 0.387 e. The number of aliphatic hydroxyl groups excluding tert-OH is 1. The first kappa shape index (κ1) is 18.2. The summed E-state index contributed by atoms with van der Waals surface area (Å²) >= 11 is 0. The maximum Gasteiger partial charge on any atom is 0.248 e. The van der Waals surface area contributed by atoms with Crippen LogP contribution in [0.3, 0.4) is 0 Å². The second-order valence-electron chi connectivity index (χ2n) is 7.41. The molecule has 2 N–H and O–H groups in total. The molecule has 5 heteroatoms. The van der Waals surface area contributed by atoms with Crippen LogP contribution in [0.1, 0.15) is 17.0 Å². The van der Waals surface area contributed by atoms with Crippen molar-refractivity contribution in [2.75, 3.05) is 39.3 Å². The van der Waals surface area contributed by atoms with Gasteiger partial charge in [-0.1, -0.05) is 60.7 Å². The minimum atomic E-state index is -0.403. The lowest BCUT2D eigenvalue weighted by Gasteiger charge is -2.50. The molecule has 2 atom stereocenters. The Hall–Kier alpha value is -2.21. The van der Waals surface area contributed by atoms with Gasteiger partial charge >= 0.3 is 0 Å². The Morgan fingerprint density at radius 3 is 2.22 bits per heavy atom. The molecule has 0 spiro atoms. The molecule has 1 amide bonds. The van der Waals surface area contributed by atoms with Gasteiger partial charge in [-0.15, -0.1) is 0 Å². The van der Waals surface area contributed by atoms with Gasteiger partial charge in [0.15, 0.2) is 0 Å². The van der Waals surface area contributed by atoms with Gasteiger partial charge in [-0.3, -0.25) is 9.69 Å². The Bertz CT molecular complexity index is 713. The van der Waals surface area contributed by atoms with E-state index in [0.29, 0.717) is 19.1 Å². The third-order valence-electron chi connectivity index (χ3n) is 5.88. The lowest BCUT2D eigenvalue weighted by Crippen LogP contribution is -2.67. The van der Waals surface area contributed by atoms with Crippen molar-refractivity contribution in [1.82, 2.24) is 15.1 Å². The number of carbonyl (C=O) groups is 1. The zero-order valence-electron chi connectivity index (χ0n) is 15.5. The fraction of sp³-hybridized carbons (Fsp3) is 0.409. The second-order valence-corrected chi connectivity index (χ2v) is 7.41. The fourth-order valence-electron chi connectivity index (χ4n) is 4.60. The Morgan fingerprint density at radius 1 is 1.00 bits per heavy atom. The molecule has 0 aromatic heterocycles. The summed E-state index contributed by atoms with van der Waals surface area (Å²) in [6.45, 7) is 3.61. The highest BCUT2D eigenvalue weighted by molar-refractivity contribution is 5.77. The highest BCUT2D eigenvalue weighted by atomic mass is 16.3. The molecule has 142 valence electrons. The number of carbonyl (C=O) groups excluding carboxylic acids is 1. The van der Waals surface area contributed by atoms with E-state index in [0.717, 1.165) is 19.6 Å². The maximum absolute atomic E-state index is 11.9. The summed E-state index contributed by atoms with van der Waals surface area (Å²) in [4.78, 5) is 16.3. The molecule has 2 heterocycles. The van der Waals surface area contributed by atoms with Crippen LogP contribution in [0.5, 0.6) is 0 Å². The van der Waals surface area contributed by atoms with E-state index in [2.05, 4.69) is 70.9 Å². The van der Waals surface area contributed by atoms with Gasteiger partial charge in [0.2, 0.25) is 5.91 Å². The van der Waals surface area contributed by atoms with Gasteiger partial charge in [0.25, 0.3) is 0 Å². The van der Waals surface area contributed by atoms with E-state index in [-0.39, 0.29) is 17.9 Å². The Morgan fingerprint density at radius 2 is 1.63 bits per heavy atom. The molecule has 2 fully saturated rings. The van der Waals surface area contributed by atoms with Crippen LogP contribution >= 0.6 is 0 Å². The number of aliphatic hydroxyl groups is 1. The zero-order chi connectivity index (χ0) is 18.6. The third kappa shape index (κ3) is 3.76. The third-order valence-corrected chi connectivity index (χ3v) is 5.88. The van der Waals surface area contributed by atoms with Gasteiger partial charge in [0, 0.05) is 50.7 Å². The van der Waals surface area contributed by atoms with Gasteiger partial charge in [0.05, 0.1) is 0 Å². The predicted octanol–water partition coefficient (Wildman–Crippen LogP) is 1.30. The average Bonchev–Trinajstić information content (AvgIpc) is 2.74. The maximum atomic E-state index is 11.9. The molecular formula is C22H27N3O2. The molecule has 0 radical (unpaired) electrons. The van der Waals surface area contributed by atoms with Crippen molar-refractivity contribution in [2.24, 2.45) is 0 Å². The standard InChI is InChI=1S/C22H27N3O2/c26-16-21(27)24-11-12-25-19(15-24)13-23-14-20(25)22(17-7-3-1-4-8-17)18-9-5-2-6-10-18/h1-10,19-20,22-23,26H,11-16H2/t19-,20+/m1/s1.